The molecular weight excluding hydrogens is 239 g/mol. The number of halogens is 1. The highest BCUT2D eigenvalue weighted by Crippen LogP contribution is 2.34. The lowest BCUT2D eigenvalue weighted by Gasteiger charge is -2.30. The second-order valence-electron chi connectivity index (χ2n) is 6.13. The first-order valence-corrected chi connectivity index (χ1v) is 7.33. The largest absolute Gasteiger partial charge is 0.299 e. The van der Waals surface area contributed by atoms with Gasteiger partial charge in [0.05, 0.1) is 0 Å². The van der Waals surface area contributed by atoms with Crippen molar-refractivity contribution < 1.29 is 9.18 Å². The van der Waals surface area contributed by atoms with Crippen molar-refractivity contribution in [2.24, 2.45) is 17.8 Å². The molecular formula is C17H23FO. The lowest BCUT2D eigenvalue weighted by Crippen LogP contribution is -2.25. The van der Waals surface area contributed by atoms with E-state index in [1.807, 2.05) is 0 Å². The van der Waals surface area contributed by atoms with Crippen LogP contribution in [0.25, 0.3) is 0 Å². The zero-order valence-corrected chi connectivity index (χ0v) is 11.9. The van der Waals surface area contributed by atoms with Crippen molar-refractivity contribution in [3.05, 3.63) is 35.6 Å². The Labute approximate surface area is 115 Å². The van der Waals surface area contributed by atoms with Gasteiger partial charge in [0.1, 0.15) is 11.6 Å². The van der Waals surface area contributed by atoms with Crippen LogP contribution in [-0.4, -0.2) is 5.78 Å². The van der Waals surface area contributed by atoms with E-state index in [9.17, 15) is 9.18 Å². The van der Waals surface area contributed by atoms with Crippen LogP contribution in [0.15, 0.2) is 24.3 Å². The molecule has 0 N–H and O–H groups in total. The molecule has 1 nitrogen and oxygen atoms in total. The van der Waals surface area contributed by atoms with E-state index in [2.05, 4.69) is 13.8 Å². The molecule has 0 spiro atoms. The molecule has 104 valence electrons. The van der Waals surface area contributed by atoms with E-state index in [-0.39, 0.29) is 11.7 Å². The number of Topliss-reactive ketones (excluding diaryl/α,β-unsaturated/α-hetero) is 1. The van der Waals surface area contributed by atoms with Gasteiger partial charge in [-0.3, -0.25) is 4.79 Å². The maximum absolute atomic E-state index is 12.8. The molecule has 1 aliphatic rings. The summed E-state index contributed by atoms with van der Waals surface area (Å²) < 4.78 is 12.8. The van der Waals surface area contributed by atoms with E-state index in [1.54, 1.807) is 12.1 Å². The molecule has 1 fully saturated rings. The number of rotatable bonds is 4. The molecule has 0 aromatic heterocycles. The molecule has 19 heavy (non-hydrogen) atoms. The van der Waals surface area contributed by atoms with Gasteiger partial charge < -0.3 is 0 Å². The van der Waals surface area contributed by atoms with Crippen molar-refractivity contribution in [1.82, 2.24) is 0 Å². The van der Waals surface area contributed by atoms with Crippen molar-refractivity contribution in [3.8, 4) is 0 Å². The number of benzene rings is 1. The number of hydrogen-bond donors (Lipinski definition) is 0. The molecule has 0 aliphatic heterocycles. The lowest BCUT2D eigenvalue weighted by molar-refractivity contribution is -0.123. The standard InChI is InChI=1S/C17H23FO/c1-12(2)14-5-7-15(8-6-14)17(19)11-13-3-9-16(18)10-4-13/h3-4,9-10,12,14-15H,5-8,11H2,1-2H3. The van der Waals surface area contributed by atoms with E-state index in [0.717, 1.165) is 30.2 Å². The molecule has 0 bridgehead atoms. The molecule has 0 amide bonds. The normalized spacial score (nSPS) is 23.6. The van der Waals surface area contributed by atoms with Gasteiger partial charge in [-0.15, -0.1) is 0 Å². The average molecular weight is 262 g/mol. The Morgan fingerprint density at radius 1 is 1.16 bits per heavy atom. The highest BCUT2D eigenvalue weighted by atomic mass is 19.1. The molecule has 1 aromatic carbocycles. The molecule has 0 saturated heterocycles. The van der Waals surface area contributed by atoms with Crippen molar-refractivity contribution >= 4 is 5.78 Å². The lowest BCUT2D eigenvalue weighted by atomic mass is 9.75. The summed E-state index contributed by atoms with van der Waals surface area (Å²) in [5.74, 6) is 1.82. The minimum absolute atomic E-state index is 0.222. The van der Waals surface area contributed by atoms with Crippen LogP contribution in [0.1, 0.15) is 45.1 Å². The first-order valence-electron chi connectivity index (χ1n) is 7.33. The van der Waals surface area contributed by atoms with Crippen LogP contribution < -0.4 is 0 Å². The smallest absolute Gasteiger partial charge is 0.140 e. The summed E-state index contributed by atoms with van der Waals surface area (Å²) in [6.45, 7) is 4.54. The van der Waals surface area contributed by atoms with Gasteiger partial charge in [-0.2, -0.15) is 0 Å². The van der Waals surface area contributed by atoms with Gasteiger partial charge in [0, 0.05) is 12.3 Å². The van der Waals surface area contributed by atoms with Crippen LogP contribution >= 0.6 is 0 Å². The summed E-state index contributed by atoms with van der Waals surface area (Å²) in [5, 5.41) is 0. The van der Waals surface area contributed by atoms with Crippen LogP contribution in [-0.2, 0) is 11.2 Å². The van der Waals surface area contributed by atoms with Crippen molar-refractivity contribution in [2.45, 2.75) is 46.0 Å². The van der Waals surface area contributed by atoms with Crippen molar-refractivity contribution in [1.29, 1.82) is 0 Å². The maximum Gasteiger partial charge on any atom is 0.140 e. The Morgan fingerprint density at radius 3 is 2.26 bits per heavy atom. The predicted octanol–water partition coefficient (Wildman–Crippen LogP) is 4.40. The van der Waals surface area contributed by atoms with E-state index in [0.29, 0.717) is 12.2 Å². The maximum atomic E-state index is 12.8. The fraction of sp³-hybridized carbons (Fsp3) is 0.588. The Morgan fingerprint density at radius 2 is 1.74 bits per heavy atom. The molecule has 2 heteroatoms. The minimum Gasteiger partial charge on any atom is -0.299 e. The highest BCUT2D eigenvalue weighted by Gasteiger charge is 2.27. The first kappa shape index (κ1) is 14.2. The Hall–Kier alpha value is -1.18. The van der Waals surface area contributed by atoms with Gasteiger partial charge >= 0.3 is 0 Å². The monoisotopic (exact) mass is 262 g/mol. The summed E-state index contributed by atoms with van der Waals surface area (Å²) in [5.41, 5.74) is 0.928. The van der Waals surface area contributed by atoms with Crippen LogP contribution in [0.2, 0.25) is 0 Å². The topological polar surface area (TPSA) is 17.1 Å². The number of hydrogen-bond acceptors (Lipinski definition) is 1. The molecule has 0 heterocycles. The quantitative estimate of drug-likeness (QED) is 0.786. The molecule has 2 rings (SSSR count). The van der Waals surface area contributed by atoms with Crippen molar-refractivity contribution in [3.63, 3.8) is 0 Å². The van der Waals surface area contributed by atoms with E-state index in [4.69, 9.17) is 0 Å². The Balaban J connectivity index is 1.86. The molecule has 0 unspecified atom stereocenters. The van der Waals surface area contributed by atoms with Gasteiger partial charge in [0.25, 0.3) is 0 Å². The molecule has 0 radical (unpaired) electrons. The fourth-order valence-corrected chi connectivity index (χ4v) is 3.06. The fourth-order valence-electron chi connectivity index (χ4n) is 3.06. The zero-order chi connectivity index (χ0) is 13.8. The molecule has 0 atom stereocenters. The van der Waals surface area contributed by atoms with Crippen LogP contribution in [0.4, 0.5) is 4.39 Å². The van der Waals surface area contributed by atoms with E-state index >= 15 is 0 Å². The number of carbonyl (C=O) groups is 1. The third kappa shape index (κ3) is 3.89. The van der Waals surface area contributed by atoms with Crippen LogP contribution in [0.3, 0.4) is 0 Å². The third-order valence-electron chi connectivity index (χ3n) is 4.46. The minimum atomic E-state index is -0.242. The second-order valence-corrected chi connectivity index (χ2v) is 6.13. The average Bonchev–Trinajstić information content (AvgIpc) is 2.41. The second kappa shape index (κ2) is 6.31. The number of ketones is 1. The Kier molecular flexibility index (Phi) is 4.73. The summed E-state index contributed by atoms with van der Waals surface area (Å²) in [4.78, 5) is 12.2. The Bertz CT molecular complexity index is 413. The van der Waals surface area contributed by atoms with Crippen LogP contribution in [0, 0.1) is 23.6 Å². The van der Waals surface area contributed by atoms with Gasteiger partial charge in [-0.25, -0.2) is 4.39 Å². The molecule has 1 saturated carbocycles. The van der Waals surface area contributed by atoms with Crippen molar-refractivity contribution in [2.75, 3.05) is 0 Å². The summed E-state index contributed by atoms with van der Waals surface area (Å²) in [6, 6.07) is 6.29. The number of carbonyl (C=O) groups excluding carboxylic acids is 1. The van der Waals surface area contributed by atoms with Gasteiger partial charge in [0.2, 0.25) is 0 Å². The molecule has 1 aromatic rings. The van der Waals surface area contributed by atoms with E-state index < -0.39 is 0 Å². The van der Waals surface area contributed by atoms with E-state index in [1.165, 1.54) is 25.0 Å². The third-order valence-corrected chi connectivity index (χ3v) is 4.46. The molecule has 1 aliphatic carbocycles. The van der Waals surface area contributed by atoms with Gasteiger partial charge in [-0.1, -0.05) is 26.0 Å². The summed E-state index contributed by atoms with van der Waals surface area (Å²) in [6.07, 6.45) is 4.87. The summed E-state index contributed by atoms with van der Waals surface area (Å²) >= 11 is 0. The zero-order valence-electron chi connectivity index (χ0n) is 11.9. The highest BCUT2D eigenvalue weighted by molar-refractivity contribution is 5.83. The van der Waals surface area contributed by atoms with Crippen LogP contribution in [0.5, 0.6) is 0 Å². The van der Waals surface area contributed by atoms with Gasteiger partial charge in [-0.05, 0) is 55.2 Å². The van der Waals surface area contributed by atoms with Gasteiger partial charge in [0.15, 0.2) is 0 Å². The first-order chi connectivity index (χ1) is 9.06. The summed E-state index contributed by atoms with van der Waals surface area (Å²) in [7, 11) is 0. The predicted molar refractivity (Wildman–Crippen MR) is 75.4 cm³/mol. The SMILES string of the molecule is CC(C)C1CCC(C(=O)Cc2ccc(F)cc2)CC1.